The van der Waals surface area contributed by atoms with Crippen molar-refractivity contribution in [3.05, 3.63) is 36.3 Å². The molecule has 1 saturated carbocycles. The van der Waals surface area contributed by atoms with E-state index < -0.39 is 0 Å². The Hall–Kier alpha value is -2.22. The zero-order chi connectivity index (χ0) is 18.6. The molecule has 27 heavy (non-hydrogen) atoms. The Balaban J connectivity index is 1.50. The molecule has 1 fully saturated rings. The van der Waals surface area contributed by atoms with Crippen LogP contribution in [0.25, 0.3) is 11.0 Å². The molecule has 7 nitrogen and oxygen atoms in total. The fourth-order valence-corrected chi connectivity index (χ4v) is 4.24. The van der Waals surface area contributed by atoms with Crippen molar-refractivity contribution in [3.63, 3.8) is 0 Å². The van der Waals surface area contributed by atoms with Crippen LogP contribution in [0, 0.1) is 11.8 Å². The molecule has 3 heterocycles. The van der Waals surface area contributed by atoms with Gasteiger partial charge in [0.25, 0.3) is 0 Å². The number of aromatic nitrogens is 5. The summed E-state index contributed by atoms with van der Waals surface area (Å²) in [4.78, 5) is 12.8. The standard InChI is InChI=1S/C19H23BrN6O/c20-9-13-1-3-14(4-2-13)11-26-18-16(10-23-26)17(21)24-19(25-18)27-12-15-5-7-22-8-6-15/h5-8,10,13-14H,1-4,9,11-12H2,(H2,21,24,25). The first kappa shape index (κ1) is 18.2. The van der Waals surface area contributed by atoms with Gasteiger partial charge in [-0.3, -0.25) is 4.98 Å². The molecule has 0 atom stereocenters. The molecular weight excluding hydrogens is 408 g/mol. The van der Waals surface area contributed by atoms with E-state index in [4.69, 9.17) is 10.5 Å². The maximum absolute atomic E-state index is 6.11. The average Bonchev–Trinajstić information content (AvgIpc) is 3.11. The summed E-state index contributed by atoms with van der Waals surface area (Å²) < 4.78 is 7.70. The number of nitrogens with zero attached hydrogens (tertiary/aromatic N) is 5. The van der Waals surface area contributed by atoms with Gasteiger partial charge in [0.2, 0.25) is 0 Å². The summed E-state index contributed by atoms with van der Waals surface area (Å²) in [5, 5.41) is 6.39. The number of anilines is 1. The lowest BCUT2D eigenvalue weighted by Crippen LogP contribution is -2.20. The topological polar surface area (TPSA) is 91.7 Å². The number of fused-ring (bicyclic) bond motifs is 1. The van der Waals surface area contributed by atoms with Gasteiger partial charge in [-0.25, -0.2) is 4.68 Å². The van der Waals surface area contributed by atoms with Crippen LogP contribution in [0.5, 0.6) is 6.01 Å². The number of rotatable bonds is 6. The third-order valence-corrected chi connectivity index (χ3v) is 6.15. The summed E-state index contributed by atoms with van der Waals surface area (Å²) in [5.41, 5.74) is 7.86. The second-order valence-corrected chi connectivity index (χ2v) is 7.79. The van der Waals surface area contributed by atoms with Gasteiger partial charge in [0.15, 0.2) is 5.65 Å². The number of ether oxygens (including phenoxy) is 1. The van der Waals surface area contributed by atoms with Crippen LogP contribution in [0.4, 0.5) is 5.82 Å². The van der Waals surface area contributed by atoms with Crippen LogP contribution >= 0.6 is 15.9 Å². The summed E-state index contributed by atoms with van der Waals surface area (Å²) >= 11 is 3.61. The third-order valence-electron chi connectivity index (χ3n) is 5.24. The molecule has 0 saturated heterocycles. The predicted octanol–water partition coefficient (Wildman–Crippen LogP) is 3.58. The van der Waals surface area contributed by atoms with Gasteiger partial charge in [-0.2, -0.15) is 15.1 Å². The molecule has 1 aliphatic carbocycles. The van der Waals surface area contributed by atoms with Crippen LogP contribution in [-0.4, -0.2) is 30.1 Å². The Labute approximate surface area is 166 Å². The van der Waals surface area contributed by atoms with Crippen molar-refractivity contribution in [1.82, 2.24) is 24.7 Å². The van der Waals surface area contributed by atoms with Gasteiger partial charge in [0, 0.05) is 24.3 Å². The molecule has 4 rings (SSSR count). The van der Waals surface area contributed by atoms with Crippen molar-refractivity contribution in [2.45, 2.75) is 38.8 Å². The highest BCUT2D eigenvalue weighted by Gasteiger charge is 2.22. The lowest BCUT2D eigenvalue weighted by molar-refractivity contribution is 0.262. The van der Waals surface area contributed by atoms with E-state index in [1.165, 1.54) is 25.7 Å². The summed E-state index contributed by atoms with van der Waals surface area (Å²) in [6.07, 6.45) is 10.2. The molecule has 0 aliphatic heterocycles. The maximum atomic E-state index is 6.11. The van der Waals surface area contributed by atoms with Gasteiger partial charge < -0.3 is 10.5 Å². The quantitative estimate of drug-likeness (QED) is 0.600. The smallest absolute Gasteiger partial charge is 0.320 e. The van der Waals surface area contributed by atoms with E-state index >= 15 is 0 Å². The van der Waals surface area contributed by atoms with Gasteiger partial charge in [0.05, 0.1) is 11.6 Å². The zero-order valence-electron chi connectivity index (χ0n) is 15.1. The molecule has 0 amide bonds. The number of nitrogens with two attached hydrogens (primary N) is 1. The van der Waals surface area contributed by atoms with Gasteiger partial charge in [-0.05, 0) is 55.2 Å². The minimum atomic E-state index is 0.279. The van der Waals surface area contributed by atoms with Crippen molar-refractivity contribution in [3.8, 4) is 6.01 Å². The van der Waals surface area contributed by atoms with Crippen molar-refractivity contribution < 1.29 is 4.74 Å². The summed E-state index contributed by atoms with van der Waals surface area (Å²) in [6, 6.07) is 4.08. The molecule has 0 aromatic carbocycles. The highest BCUT2D eigenvalue weighted by atomic mass is 79.9. The molecule has 2 N–H and O–H groups in total. The second-order valence-electron chi connectivity index (χ2n) is 7.14. The van der Waals surface area contributed by atoms with Crippen LogP contribution in [0.3, 0.4) is 0 Å². The second kappa shape index (κ2) is 8.21. The van der Waals surface area contributed by atoms with E-state index in [0.29, 0.717) is 18.3 Å². The number of hydrogen-bond acceptors (Lipinski definition) is 6. The summed E-state index contributed by atoms with van der Waals surface area (Å²) in [5.74, 6) is 1.83. The fourth-order valence-electron chi connectivity index (χ4n) is 3.59. The van der Waals surface area contributed by atoms with Gasteiger partial charge in [-0.1, -0.05) is 15.9 Å². The molecular formula is C19H23BrN6O. The Morgan fingerprint density at radius 2 is 1.85 bits per heavy atom. The lowest BCUT2D eigenvalue weighted by Gasteiger charge is -2.27. The minimum absolute atomic E-state index is 0.279. The zero-order valence-corrected chi connectivity index (χ0v) is 16.7. The molecule has 1 aliphatic rings. The van der Waals surface area contributed by atoms with Crippen molar-refractivity contribution >= 4 is 32.8 Å². The molecule has 0 spiro atoms. The Morgan fingerprint density at radius 3 is 2.59 bits per heavy atom. The molecule has 0 radical (unpaired) electrons. The first-order valence-electron chi connectivity index (χ1n) is 9.29. The highest BCUT2D eigenvalue weighted by molar-refractivity contribution is 9.09. The molecule has 3 aromatic heterocycles. The molecule has 0 bridgehead atoms. The van der Waals surface area contributed by atoms with Crippen molar-refractivity contribution in [2.75, 3.05) is 11.1 Å². The van der Waals surface area contributed by atoms with E-state index in [9.17, 15) is 0 Å². The number of halogens is 1. The van der Waals surface area contributed by atoms with Gasteiger partial charge >= 0.3 is 6.01 Å². The molecule has 142 valence electrons. The maximum Gasteiger partial charge on any atom is 0.320 e. The first-order valence-corrected chi connectivity index (χ1v) is 10.4. The third kappa shape index (κ3) is 4.21. The highest BCUT2D eigenvalue weighted by Crippen LogP contribution is 2.31. The largest absolute Gasteiger partial charge is 0.458 e. The normalized spacial score (nSPS) is 20.0. The van der Waals surface area contributed by atoms with E-state index in [0.717, 1.165) is 34.4 Å². The van der Waals surface area contributed by atoms with Crippen LogP contribution in [0.15, 0.2) is 30.7 Å². The minimum Gasteiger partial charge on any atom is -0.458 e. The van der Waals surface area contributed by atoms with Gasteiger partial charge in [-0.15, -0.1) is 0 Å². The van der Waals surface area contributed by atoms with Crippen LogP contribution < -0.4 is 10.5 Å². The predicted molar refractivity (Wildman–Crippen MR) is 108 cm³/mol. The van der Waals surface area contributed by atoms with Gasteiger partial charge in [0.1, 0.15) is 12.4 Å². The van der Waals surface area contributed by atoms with Crippen LogP contribution in [0.1, 0.15) is 31.2 Å². The first-order chi connectivity index (χ1) is 13.2. The number of alkyl halides is 1. The summed E-state index contributed by atoms with van der Waals surface area (Å²) in [7, 11) is 0. The molecule has 0 unspecified atom stereocenters. The summed E-state index contributed by atoms with van der Waals surface area (Å²) in [6.45, 7) is 1.23. The van der Waals surface area contributed by atoms with Crippen molar-refractivity contribution in [1.29, 1.82) is 0 Å². The number of hydrogen-bond donors (Lipinski definition) is 1. The molecule has 3 aromatic rings. The fraction of sp³-hybridized carbons (Fsp3) is 0.474. The monoisotopic (exact) mass is 430 g/mol. The Bertz CT molecular complexity index is 892. The van der Waals surface area contributed by atoms with E-state index in [1.54, 1.807) is 18.6 Å². The Kier molecular flexibility index (Phi) is 5.52. The average molecular weight is 431 g/mol. The van der Waals surface area contributed by atoms with E-state index in [1.807, 2.05) is 16.8 Å². The van der Waals surface area contributed by atoms with Crippen molar-refractivity contribution in [2.24, 2.45) is 11.8 Å². The number of pyridine rings is 1. The number of nitrogen functional groups attached to an aromatic ring is 1. The lowest BCUT2D eigenvalue weighted by atomic mass is 9.83. The van der Waals surface area contributed by atoms with E-state index in [2.05, 4.69) is 36.0 Å². The SMILES string of the molecule is Nc1nc(OCc2ccncc2)nc2c1cnn2CC1CCC(CBr)CC1. The molecule has 8 heteroatoms. The van der Waals surface area contributed by atoms with Crippen LogP contribution in [-0.2, 0) is 13.2 Å². The van der Waals surface area contributed by atoms with E-state index in [-0.39, 0.29) is 6.01 Å². The Morgan fingerprint density at radius 1 is 1.11 bits per heavy atom. The van der Waals surface area contributed by atoms with Crippen LogP contribution in [0.2, 0.25) is 0 Å².